The molecule has 0 radical (unpaired) electrons. The van der Waals surface area contributed by atoms with Crippen LogP contribution in [0.4, 0.5) is 0 Å². The maximum absolute atomic E-state index is 4.69. The first-order valence-electron chi connectivity index (χ1n) is 8.20. The van der Waals surface area contributed by atoms with Crippen LogP contribution in [0.5, 0.6) is 0 Å². The van der Waals surface area contributed by atoms with E-state index in [0.717, 1.165) is 5.52 Å². The van der Waals surface area contributed by atoms with Crippen molar-refractivity contribution in [2.75, 3.05) is 0 Å². The zero-order valence-corrected chi connectivity index (χ0v) is 13.9. The number of fused-ring (bicyclic) bond motifs is 2. The van der Waals surface area contributed by atoms with Crippen LogP contribution < -0.4 is 0 Å². The molecule has 0 aliphatic heterocycles. The molecule has 1 nitrogen and oxygen atoms in total. The van der Waals surface area contributed by atoms with Crippen LogP contribution in [-0.2, 0) is 0 Å². The first kappa shape index (κ1) is 14.2. The van der Waals surface area contributed by atoms with Crippen molar-refractivity contribution in [3.05, 3.63) is 83.1 Å². The van der Waals surface area contributed by atoms with Gasteiger partial charge in [-0.3, -0.25) is 4.98 Å². The van der Waals surface area contributed by atoms with Gasteiger partial charge in [0.2, 0.25) is 0 Å². The molecule has 23 heavy (non-hydrogen) atoms. The Morgan fingerprint density at radius 3 is 2.39 bits per heavy atom. The molecule has 114 valence electrons. The number of pyridine rings is 1. The van der Waals surface area contributed by atoms with Crippen molar-refractivity contribution < 1.29 is 0 Å². The van der Waals surface area contributed by atoms with Crippen LogP contribution in [-0.4, -0.2) is 4.98 Å². The third-order valence-corrected chi connectivity index (χ3v) is 4.77. The quantitative estimate of drug-likeness (QED) is 0.552. The number of rotatable bonds is 1. The van der Waals surface area contributed by atoms with E-state index in [1.165, 1.54) is 27.6 Å². The molecule has 3 aromatic rings. The Morgan fingerprint density at radius 2 is 1.57 bits per heavy atom. The van der Waals surface area contributed by atoms with Crippen molar-refractivity contribution in [1.82, 2.24) is 4.98 Å². The molecule has 1 aromatic heterocycles. The van der Waals surface area contributed by atoms with Crippen LogP contribution in [0.1, 0.15) is 43.4 Å². The highest BCUT2D eigenvalue weighted by atomic mass is 14.7. The van der Waals surface area contributed by atoms with Crippen molar-refractivity contribution >= 4 is 17.0 Å². The van der Waals surface area contributed by atoms with Gasteiger partial charge in [-0.2, -0.15) is 0 Å². The van der Waals surface area contributed by atoms with Gasteiger partial charge in [0.15, 0.2) is 0 Å². The number of hydrogen-bond acceptors (Lipinski definition) is 1. The number of hydrogen-bond donors (Lipinski definition) is 0. The molecule has 4 rings (SSSR count). The minimum atomic E-state index is 0.126. The van der Waals surface area contributed by atoms with E-state index in [-0.39, 0.29) is 5.41 Å². The summed E-state index contributed by atoms with van der Waals surface area (Å²) in [5, 5.41) is 1.21. The Labute approximate surface area is 137 Å². The molecule has 0 saturated heterocycles. The van der Waals surface area contributed by atoms with Crippen LogP contribution >= 0.6 is 0 Å². The van der Waals surface area contributed by atoms with Crippen LogP contribution in [0, 0.1) is 5.41 Å². The molecule has 1 aliphatic rings. The van der Waals surface area contributed by atoms with Crippen LogP contribution in [0.25, 0.3) is 17.0 Å². The zero-order chi connectivity index (χ0) is 16.0. The van der Waals surface area contributed by atoms with Gasteiger partial charge in [0.25, 0.3) is 0 Å². The zero-order valence-electron chi connectivity index (χ0n) is 13.9. The molecule has 0 spiro atoms. The van der Waals surface area contributed by atoms with Gasteiger partial charge in [0.1, 0.15) is 0 Å². The number of nitrogens with zero attached hydrogens (tertiary/aromatic N) is 1. The molecule has 1 heterocycles. The Morgan fingerprint density at radius 1 is 0.826 bits per heavy atom. The number of benzene rings is 2. The molecule has 2 aromatic carbocycles. The molecule has 1 aliphatic carbocycles. The molecule has 1 heteroatoms. The first-order chi connectivity index (χ1) is 11.1. The highest BCUT2D eigenvalue weighted by Gasteiger charge is 2.34. The minimum absolute atomic E-state index is 0.126. The van der Waals surface area contributed by atoms with E-state index in [4.69, 9.17) is 0 Å². The van der Waals surface area contributed by atoms with Crippen molar-refractivity contribution in [3.8, 4) is 0 Å². The van der Waals surface area contributed by atoms with Gasteiger partial charge in [-0.05, 0) is 28.2 Å². The molecule has 1 atom stereocenters. The second-order valence-electron chi connectivity index (χ2n) is 7.33. The van der Waals surface area contributed by atoms with Crippen LogP contribution in [0.15, 0.2) is 66.4 Å². The number of aromatic nitrogens is 1. The van der Waals surface area contributed by atoms with E-state index < -0.39 is 0 Å². The van der Waals surface area contributed by atoms with E-state index >= 15 is 0 Å². The van der Waals surface area contributed by atoms with Gasteiger partial charge in [-0.1, -0.05) is 81.0 Å². The molecule has 0 bridgehead atoms. The van der Waals surface area contributed by atoms with Crippen molar-refractivity contribution in [1.29, 1.82) is 0 Å². The maximum Gasteiger partial charge on any atom is 0.0743 e. The summed E-state index contributed by atoms with van der Waals surface area (Å²) in [4.78, 5) is 4.69. The lowest BCUT2D eigenvalue weighted by atomic mass is 9.76. The standard InChI is InChI=1S/C22H21N/c1-22(2,3)19-14-16-8-4-5-11-17(16)20(19)18-12-6-9-15-10-7-13-23-21(15)18/h4-14,20H,1-3H3. The van der Waals surface area contributed by atoms with Gasteiger partial charge in [-0.15, -0.1) is 0 Å². The van der Waals surface area contributed by atoms with Crippen molar-refractivity contribution in [2.24, 2.45) is 5.41 Å². The third kappa shape index (κ3) is 2.28. The molecule has 0 fully saturated rings. The molecule has 0 amide bonds. The Hall–Kier alpha value is -2.41. The van der Waals surface area contributed by atoms with E-state index in [0.29, 0.717) is 5.92 Å². The first-order valence-corrected chi connectivity index (χ1v) is 8.20. The Kier molecular flexibility index (Phi) is 3.12. The van der Waals surface area contributed by atoms with Gasteiger partial charge in [0, 0.05) is 17.5 Å². The summed E-state index contributed by atoms with van der Waals surface area (Å²) in [6.45, 7) is 6.91. The summed E-state index contributed by atoms with van der Waals surface area (Å²) in [5.41, 5.74) is 6.77. The van der Waals surface area contributed by atoms with E-state index in [1.54, 1.807) is 0 Å². The Balaban J connectivity index is 2.00. The summed E-state index contributed by atoms with van der Waals surface area (Å²) in [7, 11) is 0. The fourth-order valence-corrected chi connectivity index (χ4v) is 3.67. The molecular formula is C22H21N. The van der Waals surface area contributed by atoms with Crippen molar-refractivity contribution in [3.63, 3.8) is 0 Å². The average Bonchev–Trinajstić information content (AvgIpc) is 2.94. The van der Waals surface area contributed by atoms with Gasteiger partial charge >= 0.3 is 0 Å². The lowest BCUT2D eigenvalue weighted by Crippen LogP contribution is -2.15. The average molecular weight is 299 g/mol. The summed E-state index contributed by atoms with van der Waals surface area (Å²) in [6, 6.07) is 19.4. The number of allylic oxidation sites excluding steroid dienone is 1. The largest absolute Gasteiger partial charge is 0.256 e. The lowest BCUT2D eigenvalue weighted by molar-refractivity contribution is 0.485. The summed E-state index contributed by atoms with van der Waals surface area (Å²) >= 11 is 0. The molecule has 0 N–H and O–H groups in total. The van der Waals surface area contributed by atoms with Gasteiger partial charge in [0.05, 0.1) is 5.52 Å². The van der Waals surface area contributed by atoms with E-state index in [1.807, 2.05) is 12.3 Å². The monoisotopic (exact) mass is 299 g/mol. The van der Waals surface area contributed by atoms with E-state index in [2.05, 4.69) is 80.4 Å². The fraction of sp³-hybridized carbons (Fsp3) is 0.227. The maximum atomic E-state index is 4.69. The summed E-state index contributed by atoms with van der Waals surface area (Å²) in [5.74, 6) is 0.296. The lowest BCUT2D eigenvalue weighted by Gasteiger charge is -2.28. The highest BCUT2D eigenvalue weighted by molar-refractivity contribution is 5.85. The normalized spacial score (nSPS) is 17.2. The third-order valence-electron chi connectivity index (χ3n) is 4.77. The number of para-hydroxylation sites is 1. The van der Waals surface area contributed by atoms with Gasteiger partial charge < -0.3 is 0 Å². The fourth-order valence-electron chi connectivity index (χ4n) is 3.67. The van der Waals surface area contributed by atoms with Crippen LogP contribution in [0.2, 0.25) is 0 Å². The minimum Gasteiger partial charge on any atom is -0.256 e. The Bertz CT molecular complexity index is 907. The summed E-state index contributed by atoms with van der Waals surface area (Å²) in [6.07, 6.45) is 4.27. The van der Waals surface area contributed by atoms with E-state index in [9.17, 15) is 0 Å². The molecular weight excluding hydrogens is 278 g/mol. The smallest absolute Gasteiger partial charge is 0.0743 e. The highest BCUT2D eigenvalue weighted by Crippen LogP contribution is 2.49. The van der Waals surface area contributed by atoms with Gasteiger partial charge in [-0.25, -0.2) is 0 Å². The predicted octanol–water partition coefficient (Wildman–Crippen LogP) is 5.81. The second kappa shape index (κ2) is 5.06. The van der Waals surface area contributed by atoms with Crippen molar-refractivity contribution in [2.45, 2.75) is 26.7 Å². The SMILES string of the molecule is CC(C)(C)C1=Cc2ccccc2C1c1cccc2cccnc12. The van der Waals surface area contributed by atoms with Crippen LogP contribution in [0.3, 0.4) is 0 Å². The molecule has 1 unspecified atom stereocenters. The topological polar surface area (TPSA) is 12.9 Å². The molecule has 0 saturated carbocycles. The second-order valence-corrected chi connectivity index (χ2v) is 7.33. The predicted molar refractivity (Wildman–Crippen MR) is 97.5 cm³/mol. The summed E-state index contributed by atoms with van der Waals surface area (Å²) < 4.78 is 0.